The Balaban J connectivity index is 1.99. The Morgan fingerprint density at radius 2 is 0.929 bits per heavy atom. The Bertz CT molecular complexity index is 951. The second-order valence-electron chi connectivity index (χ2n) is 6.93. The summed E-state index contributed by atoms with van der Waals surface area (Å²) in [5.74, 6) is 0. The molecule has 0 nitrogen and oxygen atoms in total. The Hall–Kier alpha value is -2.11. The summed E-state index contributed by atoms with van der Waals surface area (Å²) in [6, 6.07) is 38.7. The van der Waals surface area contributed by atoms with E-state index in [-0.39, 0.29) is 0 Å². The molecule has 4 aromatic rings. The molecule has 140 valence electrons. The van der Waals surface area contributed by atoms with Gasteiger partial charge in [0.2, 0.25) is 0 Å². The summed E-state index contributed by atoms with van der Waals surface area (Å²) < 4.78 is 0. The van der Waals surface area contributed by atoms with Gasteiger partial charge in [-0.15, -0.1) is 0 Å². The predicted octanol–water partition coefficient (Wildman–Crippen LogP) is 6.22. The SMILES string of the molecule is Clc1ccc(C[PH](c2ccccc2)(c2ccccc2)c2ccccc2)cc1Cl. The molecule has 0 fully saturated rings. The van der Waals surface area contributed by atoms with Gasteiger partial charge in [-0.1, -0.05) is 0 Å². The summed E-state index contributed by atoms with van der Waals surface area (Å²) in [5, 5.41) is 5.36. The third-order valence-corrected chi connectivity index (χ3v) is 10.9. The molecule has 0 aliphatic carbocycles. The standard InChI is InChI=1S/C25H21Cl2P/c26-24-17-16-20(18-25(24)27)19-28(21-10-4-1-5-11-21,22-12-6-2-7-13-22)23-14-8-3-9-15-23/h1-18,28H,19H2. The molecule has 0 radical (unpaired) electrons. The van der Waals surface area contributed by atoms with Gasteiger partial charge in [-0.25, -0.2) is 0 Å². The quantitative estimate of drug-likeness (QED) is 0.335. The Morgan fingerprint density at radius 1 is 0.500 bits per heavy atom. The number of benzene rings is 4. The molecular weight excluding hydrogens is 402 g/mol. The molecule has 0 bridgehead atoms. The van der Waals surface area contributed by atoms with Gasteiger partial charge in [0.25, 0.3) is 0 Å². The molecule has 0 atom stereocenters. The predicted molar refractivity (Wildman–Crippen MR) is 127 cm³/mol. The van der Waals surface area contributed by atoms with E-state index >= 15 is 0 Å². The van der Waals surface area contributed by atoms with Gasteiger partial charge >= 0.3 is 177 Å². The van der Waals surface area contributed by atoms with Crippen LogP contribution in [0, 0.1) is 0 Å². The van der Waals surface area contributed by atoms with Crippen LogP contribution in [0.1, 0.15) is 5.56 Å². The zero-order chi connectivity index (χ0) is 19.4. The van der Waals surface area contributed by atoms with Crippen LogP contribution in [0.3, 0.4) is 0 Å². The average Bonchev–Trinajstić information content (AvgIpc) is 2.76. The van der Waals surface area contributed by atoms with Crippen LogP contribution in [0.5, 0.6) is 0 Å². The van der Waals surface area contributed by atoms with Crippen LogP contribution < -0.4 is 15.9 Å². The van der Waals surface area contributed by atoms with E-state index in [0.717, 1.165) is 6.16 Å². The monoisotopic (exact) mass is 422 g/mol. The number of rotatable bonds is 5. The van der Waals surface area contributed by atoms with Crippen molar-refractivity contribution < 1.29 is 0 Å². The van der Waals surface area contributed by atoms with Gasteiger partial charge in [0, 0.05) is 0 Å². The normalized spacial score (nSPS) is 11.9. The molecule has 0 aliphatic rings. The van der Waals surface area contributed by atoms with Crippen molar-refractivity contribution >= 4 is 46.4 Å². The maximum atomic E-state index is 6.36. The van der Waals surface area contributed by atoms with E-state index in [9.17, 15) is 0 Å². The fourth-order valence-electron chi connectivity index (χ4n) is 3.93. The van der Waals surface area contributed by atoms with Gasteiger partial charge in [-0.3, -0.25) is 0 Å². The van der Waals surface area contributed by atoms with E-state index in [4.69, 9.17) is 23.2 Å². The van der Waals surface area contributed by atoms with Crippen molar-refractivity contribution in [1.82, 2.24) is 0 Å². The second kappa shape index (κ2) is 8.50. The molecule has 0 saturated carbocycles. The molecule has 0 unspecified atom stereocenters. The summed E-state index contributed by atoms with van der Waals surface area (Å²) in [4.78, 5) is 0. The van der Waals surface area contributed by atoms with E-state index in [0.29, 0.717) is 10.0 Å². The van der Waals surface area contributed by atoms with E-state index in [1.54, 1.807) is 0 Å². The Labute approximate surface area is 177 Å². The van der Waals surface area contributed by atoms with E-state index in [2.05, 4.69) is 97.1 Å². The van der Waals surface area contributed by atoms with Gasteiger partial charge in [0.15, 0.2) is 0 Å². The van der Waals surface area contributed by atoms with Crippen LogP contribution in [-0.4, -0.2) is 0 Å². The minimum atomic E-state index is -2.31. The van der Waals surface area contributed by atoms with Crippen molar-refractivity contribution in [2.75, 3.05) is 0 Å². The van der Waals surface area contributed by atoms with Crippen molar-refractivity contribution in [3.8, 4) is 0 Å². The third kappa shape index (κ3) is 3.74. The molecule has 0 spiro atoms. The fraction of sp³-hybridized carbons (Fsp3) is 0.0400. The summed E-state index contributed by atoms with van der Waals surface area (Å²) in [5.41, 5.74) is 1.21. The first-order valence-electron chi connectivity index (χ1n) is 9.31. The van der Waals surface area contributed by atoms with Crippen LogP contribution in [0.25, 0.3) is 0 Å². The topological polar surface area (TPSA) is 0 Å². The summed E-state index contributed by atoms with van der Waals surface area (Å²) >= 11 is 12.5. The van der Waals surface area contributed by atoms with Crippen LogP contribution >= 0.6 is 30.5 Å². The molecular formula is C25H21Cl2P. The molecule has 3 heteroatoms. The molecule has 28 heavy (non-hydrogen) atoms. The summed E-state index contributed by atoms with van der Waals surface area (Å²) in [7, 11) is -2.31. The summed E-state index contributed by atoms with van der Waals surface area (Å²) in [6.45, 7) is 0. The molecule has 0 saturated heterocycles. The van der Waals surface area contributed by atoms with E-state index < -0.39 is 7.26 Å². The first-order chi connectivity index (χ1) is 13.7. The van der Waals surface area contributed by atoms with Gasteiger partial charge in [0.05, 0.1) is 0 Å². The molecule has 0 amide bonds. The fourth-order valence-corrected chi connectivity index (χ4v) is 8.98. The third-order valence-electron chi connectivity index (χ3n) is 5.25. The Morgan fingerprint density at radius 3 is 1.32 bits per heavy atom. The van der Waals surface area contributed by atoms with Crippen molar-refractivity contribution in [3.05, 3.63) is 125 Å². The number of hydrogen-bond acceptors (Lipinski definition) is 0. The van der Waals surface area contributed by atoms with Crippen LogP contribution in [-0.2, 0) is 6.16 Å². The number of hydrogen-bond donors (Lipinski definition) is 0. The zero-order valence-electron chi connectivity index (χ0n) is 15.4. The Kier molecular flexibility index (Phi) is 5.83. The van der Waals surface area contributed by atoms with Crippen LogP contribution in [0.2, 0.25) is 10.0 Å². The summed E-state index contributed by atoms with van der Waals surface area (Å²) in [6.07, 6.45) is 0.919. The molecule has 4 rings (SSSR count). The molecule has 0 N–H and O–H groups in total. The van der Waals surface area contributed by atoms with E-state index in [1.807, 2.05) is 12.1 Å². The number of halogens is 2. The first kappa shape index (κ1) is 19.2. The molecule has 0 aliphatic heterocycles. The van der Waals surface area contributed by atoms with Crippen molar-refractivity contribution in [1.29, 1.82) is 0 Å². The average molecular weight is 423 g/mol. The molecule has 0 aromatic heterocycles. The van der Waals surface area contributed by atoms with Gasteiger partial charge in [-0.05, 0) is 0 Å². The van der Waals surface area contributed by atoms with Crippen LogP contribution in [0.4, 0.5) is 0 Å². The van der Waals surface area contributed by atoms with Crippen molar-refractivity contribution in [2.24, 2.45) is 0 Å². The molecule has 4 aromatic carbocycles. The molecule has 0 heterocycles. The van der Waals surface area contributed by atoms with Gasteiger partial charge < -0.3 is 0 Å². The zero-order valence-corrected chi connectivity index (χ0v) is 17.9. The maximum absolute atomic E-state index is 6.36. The van der Waals surface area contributed by atoms with Crippen molar-refractivity contribution in [2.45, 2.75) is 6.16 Å². The first-order valence-corrected chi connectivity index (χ1v) is 12.3. The second-order valence-corrected chi connectivity index (χ2v) is 11.6. The minimum absolute atomic E-state index is 0.594. The van der Waals surface area contributed by atoms with Crippen molar-refractivity contribution in [3.63, 3.8) is 0 Å². The van der Waals surface area contributed by atoms with E-state index in [1.165, 1.54) is 21.5 Å². The van der Waals surface area contributed by atoms with Gasteiger partial charge in [-0.2, -0.15) is 0 Å². The van der Waals surface area contributed by atoms with Crippen LogP contribution in [0.15, 0.2) is 109 Å². The van der Waals surface area contributed by atoms with Gasteiger partial charge in [0.1, 0.15) is 0 Å².